The molecule has 1 saturated heterocycles. The summed E-state index contributed by atoms with van der Waals surface area (Å²) in [6.45, 7) is 2.53. The van der Waals surface area contributed by atoms with Crippen molar-refractivity contribution in [1.29, 1.82) is 0 Å². The number of para-hydroxylation sites is 1. The van der Waals surface area contributed by atoms with Gasteiger partial charge in [0.05, 0.1) is 15.6 Å². The lowest BCUT2D eigenvalue weighted by molar-refractivity contribution is -0.113. The molecule has 1 aliphatic heterocycles. The average Bonchev–Trinajstić information content (AvgIpc) is 3.01. The van der Waals surface area contributed by atoms with Crippen LogP contribution in [0, 0.1) is 6.92 Å². The molecule has 0 N–H and O–H groups in total. The highest BCUT2D eigenvalue weighted by Crippen LogP contribution is 2.38. The van der Waals surface area contributed by atoms with Gasteiger partial charge in [-0.3, -0.25) is 9.59 Å². The Labute approximate surface area is 184 Å². The van der Waals surface area contributed by atoms with E-state index in [2.05, 4.69) is 6.07 Å². The van der Waals surface area contributed by atoms with Crippen molar-refractivity contribution in [2.24, 2.45) is 0 Å². The summed E-state index contributed by atoms with van der Waals surface area (Å²) in [5, 5.41) is -0.00591. The Morgan fingerprint density at radius 1 is 1.00 bits per heavy atom. The number of hydrogen-bond acceptors (Lipinski definition) is 4. The molecule has 30 heavy (non-hydrogen) atoms. The molecule has 3 aromatic rings. The number of amides is 2. The number of carbonyl (C=O) groups excluding carboxylic acids is 2. The SMILES string of the molecule is Cc1cccc(COc2ccc(/C=C3\SC(=O)N(c4ccccc4Cl)C3=O)cc2)c1. The number of ether oxygens (including phenoxy) is 1. The molecule has 0 radical (unpaired) electrons. The fourth-order valence-electron chi connectivity index (χ4n) is 3.09. The molecule has 3 aromatic carbocycles. The molecule has 1 aliphatic rings. The van der Waals surface area contributed by atoms with Crippen molar-refractivity contribution >= 4 is 46.3 Å². The maximum absolute atomic E-state index is 12.8. The zero-order chi connectivity index (χ0) is 21.1. The van der Waals surface area contributed by atoms with Gasteiger partial charge in [-0.1, -0.05) is 65.7 Å². The zero-order valence-corrected chi connectivity index (χ0v) is 17.7. The number of benzene rings is 3. The first-order valence-corrected chi connectivity index (χ1v) is 10.5. The average molecular weight is 436 g/mol. The van der Waals surface area contributed by atoms with Gasteiger partial charge in [0.15, 0.2) is 0 Å². The van der Waals surface area contributed by atoms with E-state index in [9.17, 15) is 9.59 Å². The summed E-state index contributed by atoms with van der Waals surface area (Å²) in [5.41, 5.74) is 3.50. The fraction of sp³-hybridized carbons (Fsp3) is 0.0833. The number of thioether (sulfide) groups is 1. The number of aryl methyl sites for hydroxylation is 1. The number of nitrogens with zero attached hydrogens (tertiary/aromatic N) is 1. The van der Waals surface area contributed by atoms with E-state index in [0.29, 0.717) is 22.2 Å². The minimum atomic E-state index is -0.377. The van der Waals surface area contributed by atoms with Gasteiger partial charge >= 0.3 is 0 Å². The molecular weight excluding hydrogens is 418 g/mol. The lowest BCUT2D eigenvalue weighted by atomic mass is 10.1. The fourth-order valence-corrected chi connectivity index (χ4v) is 4.14. The molecular formula is C24H18ClNO3S. The largest absolute Gasteiger partial charge is 0.489 e. The molecule has 1 fully saturated rings. The van der Waals surface area contributed by atoms with Crippen LogP contribution in [-0.2, 0) is 11.4 Å². The molecule has 0 aliphatic carbocycles. The third kappa shape index (κ3) is 4.42. The van der Waals surface area contributed by atoms with Crippen LogP contribution in [-0.4, -0.2) is 11.1 Å². The first kappa shape index (κ1) is 20.3. The molecule has 1 heterocycles. The van der Waals surface area contributed by atoms with E-state index in [1.807, 2.05) is 49.4 Å². The van der Waals surface area contributed by atoms with Crippen LogP contribution in [0.4, 0.5) is 10.5 Å². The number of imide groups is 1. The van der Waals surface area contributed by atoms with Crippen LogP contribution in [0.1, 0.15) is 16.7 Å². The summed E-state index contributed by atoms with van der Waals surface area (Å²) in [5.74, 6) is 0.357. The normalized spacial score (nSPS) is 15.1. The minimum Gasteiger partial charge on any atom is -0.489 e. The monoisotopic (exact) mass is 435 g/mol. The number of hydrogen-bond donors (Lipinski definition) is 0. The van der Waals surface area contributed by atoms with Crippen molar-refractivity contribution in [3.8, 4) is 5.75 Å². The van der Waals surface area contributed by atoms with Crippen LogP contribution in [0.5, 0.6) is 5.75 Å². The number of carbonyl (C=O) groups is 2. The first-order valence-electron chi connectivity index (χ1n) is 9.32. The van der Waals surface area contributed by atoms with Crippen molar-refractivity contribution in [2.75, 3.05) is 4.90 Å². The Kier molecular flexibility index (Phi) is 5.93. The summed E-state index contributed by atoms with van der Waals surface area (Å²) >= 11 is 7.06. The second-order valence-electron chi connectivity index (χ2n) is 6.82. The van der Waals surface area contributed by atoms with Crippen molar-refractivity contribution in [1.82, 2.24) is 0 Å². The number of rotatable bonds is 5. The lowest BCUT2D eigenvalue weighted by Crippen LogP contribution is -2.27. The lowest BCUT2D eigenvalue weighted by Gasteiger charge is -2.13. The van der Waals surface area contributed by atoms with Gasteiger partial charge in [-0.05, 0) is 60.2 Å². The van der Waals surface area contributed by atoms with E-state index in [0.717, 1.165) is 33.5 Å². The number of anilines is 1. The molecule has 150 valence electrons. The van der Waals surface area contributed by atoms with Crippen LogP contribution in [0.3, 0.4) is 0 Å². The smallest absolute Gasteiger partial charge is 0.298 e. The van der Waals surface area contributed by atoms with E-state index in [-0.39, 0.29) is 11.1 Å². The third-order valence-electron chi connectivity index (χ3n) is 4.55. The molecule has 2 amide bonds. The predicted molar refractivity (Wildman–Crippen MR) is 122 cm³/mol. The maximum atomic E-state index is 12.8. The van der Waals surface area contributed by atoms with Gasteiger partial charge in [0.2, 0.25) is 0 Å². The van der Waals surface area contributed by atoms with Gasteiger partial charge < -0.3 is 4.74 Å². The molecule has 0 saturated carbocycles. The second-order valence-corrected chi connectivity index (χ2v) is 8.22. The highest BCUT2D eigenvalue weighted by atomic mass is 35.5. The molecule has 0 bridgehead atoms. The molecule has 4 nitrogen and oxygen atoms in total. The van der Waals surface area contributed by atoms with E-state index in [1.165, 1.54) is 5.56 Å². The summed E-state index contributed by atoms with van der Waals surface area (Å²) in [7, 11) is 0. The maximum Gasteiger partial charge on any atom is 0.298 e. The molecule has 0 spiro atoms. The van der Waals surface area contributed by atoms with Crippen molar-refractivity contribution < 1.29 is 14.3 Å². The van der Waals surface area contributed by atoms with Gasteiger partial charge in [-0.2, -0.15) is 0 Å². The summed E-state index contributed by atoms with van der Waals surface area (Å²) in [6.07, 6.45) is 1.70. The third-order valence-corrected chi connectivity index (χ3v) is 5.74. The van der Waals surface area contributed by atoms with Gasteiger partial charge in [0.25, 0.3) is 11.1 Å². The predicted octanol–water partition coefficient (Wildman–Crippen LogP) is 6.47. The summed E-state index contributed by atoms with van der Waals surface area (Å²) in [6, 6.07) is 22.4. The van der Waals surface area contributed by atoms with Crippen LogP contribution < -0.4 is 9.64 Å². The van der Waals surface area contributed by atoms with Crippen molar-refractivity contribution in [2.45, 2.75) is 13.5 Å². The van der Waals surface area contributed by atoms with Gasteiger partial charge in [-0.25, -0.2) is 4.90 Å². The standard InChI is InChI=1S/C24H18ClNO3S/c1-16-5-4-6-18(13-16)15-29-19-11-9-17(10-12-19)14-22-23(27)26(24(28)30-22)21-8-3-2-7-20(21)25/h2-14H,15H2,1H3/b22-14-. The summed E-state index contributed by atoms with van der Waals surface area (Å²) in [4.78, 5) is 26.6. The van der Waals surface area contributed by atoms with Crippen LogP contribution in [0.25, 0.3) is 6.08 Å². The van der Waals surface area contributed by atoms with Gasteiger partial charge in [-0.15, -0.1) is 0 Å². The van der Waals surface area contributed by atoms with E-state index in [1.54, 1.807) is 30.3 Å². The molecule has 6 heteroatoms. The molecule has 0 unspecified atom stereocenters. The summed E-state index contributed by atoms with van der Waals surface area (Å²) < 4.78 is 5.83. The number of halogens is 1. The zero-order valence-electron chi connectivity index (χ0n) is 16.2. The quantitative estimate of drug-likeness (QED) is 0.431. The minimum absolute atomic E-state index is 0.355. The van der Waals surface area contributed by atoms with Crippen LogP contribution in [0.2, 0.25) is 5.02 Å². The highest BCUT2D eigenvalue weighted by Gasteiger charge is 2.37. The van der Waals surface area contributed by atoms with E-state index in [4.69, 9.17) is 16.3 Å². The van der Waals surface area contributed by atoms with Crippen LogP contribution >= 0.6 is 23.4 Å². The first-order chi connectivity index (χ1) is 14.5. The Morgan fingerprint density at radius 3 is 2.50 bits per heavy atom. The Balaban J connectivity index is 1.46. The van der Waals surface area contributed by atoms with Crippen molar-refractivity contribution in [3.63, 3.8) is 0 Å². The van der Waals surface area contributed by atoms with Crippen molar-refractivity contribution in [3.05, 3.63) is 99.4 Å². The Bertz CT molecular complexity index is 1140. The molecule has 4 rings (SSSR count). The Hall–Kier alpha value is -3.02. The topological polar surface area (TPSA) is 46.6 Å². The van der Waals surface area contributed by atoms with E-state index >= 15 is 0 Å². The van der Waals surface area contributed by atoms with E-state index < -0.39 is 0 Å². The van der Waals surface area contributed by atoms with Crippen LogP contribution in [0.15, 0.2) is 77.7 Å². The van der Waals surface area contributed by atoms with Gasteiger partial charge in [0.1, 0.15) is 12.4 Å². The Morgan fingerprint density at radius 2 is 1.77 bits per heavy atom. The highest BCUT2D eigenvalue weighted by molar-refractivity contribution is 8.19. The van der Waals surface area contributed by atoms with Gasteiger partial charge in [0, 0.05) is 0 Å². The molecule has 0 atom stereocenters. The molecule has 0 aromatic heterocycles. The second kappa shape index (κ2) is 8.78.